The highest BCUT2D eigenvalue weighted by atomic mass is 35.5. The number of nitrogens with zero attached hydrogens (tertiary/aromatic N) is 3. The third-order valence-electron chi connectivity index (χ3n) is 5.66. The van der Waals surface area contributed by atoms with E-state index in [-0.39, 0.29) is 30.3 Å². The summed E-state index contributed by atoms with van der Waals surface area (Å²) in [6.07, 6.45) is 0. The predicted octanol–water partition coefficient (Wildman–Crippen LogP) is 6.10. The normalized spacial score (nSPS) is 11.2. The van der Waals surface area contributed by atoms with Crippen molar-refractivity contribution in [3.63, 3.8) is 0 Å². The second-order valence-corrected chi connectivity index (χ2v) is 10.1. The van der Waals surface area contributed by atoms with Crippen molar-refractivity contribution in [2.24, 2.45) is 0 Å². The third kappa shape index (κ3) is 6.20. The lowest BCUT2D eigenvalue weighted by Crippen LogP contribution is -2.37. The van der Waals surface area contributed by atoms with Gasteiger partial charge in [0.2, 0.25) is 5.91 Å². The average molecular weight is 501 g/mol. The number of benzene rings is 3. The molecule has 1 aromatic heterocycles. The van der Waals surface area contributed by atoms with Crippen LogP contribution in [0, 0.1) is 0 Å². The molecule has 0 atom stereocenters. The Hall–Kier alpha value is -3.90. The van der Waals surface area contributed by atoms with Gasteiger partial charge in [-0.05, 0) is 35.9 Å². The van der Waals surface area contributed by atoms with Gasteiger partial charge in [0, 0.05) is 28.6 Å². The summed E-state index contributed by atoms with van der Waals surface area (Å²) >= 11 is 6.12. The van der Waals surface area contributed by atoms with E-state index in [9.17, 15) is 9.59 Å². The van der Waals surface area contributed by atoms with Gasteiger partial charge in [-0.2, -0.15) is 5.10 Å². The van der Waals surface area contributed by atoms with Gasteiger partial charge in [-0.1, -0.05) is 87.0 Å². The zero-order valence-corrected chi connectivity index (χ0v) is 21.4. The fraction of sp³-hybridized carbons (Fsp3) is 0.207. The van der Waals surface area contributed by atoms with Crippen molar-refractivity contribution in [1.82, 2.24) is 14.7 Å². The number of carbonyl (C=O) groups is 2. The van der Waals surface area contributed by atoms with Crippen LogP contribution in [0.1, 0.15) is 42.4 Å². The first-order valence-corrected chi connectivity index (χ1v) is 12.1. The van der Waals surface area contributed by atoms with E-state index in [4.69, 9.17) is 16.7 Å². The summed E-state index contributed by atoms with van der Waals surface area (Å²) in [5, 5.41) is 8.19. The van der Waals surface area contributed by atoms with Gasteiger partial charge in [0.15, 0.2) is 0 Å². The van der Waals surface area contributed by atoms with Gasteiger partial charge in [0.05, 0.1) is 11.4 Å². The molecule has 7 heteroatoms. The summed E-state index contributed by atoms with van der Waals surface area (Å²) in [5.74, 6) is -0.0479. The van der Waals surface area contributed by atoms with Crippen LogP contribution in [0.15, 0.2) is 91.0 Å². The molecular formula is C29H29ClN4O2. The Morgan fingerprint density at radius 3 is 2.22 bits per heavy atom. The minimum Gasteiger partial charge on any atom is -0.325 e. The average Bonchev–Trinajstić information content (AvgIpc) is 3.28. The standard InChI is InChI=1S/C29H29ClN4O2/c1-29(2,3)25-18-26(34(32-25)24-15-8-5-9-16-24)31-27(35)20-33(19-21-11-6-4-7-12-21)28(36)22-13-10-14-23(30)17-22/h4-18H,19-20H2,1-3H3,(H,31,35). The van der Waals surface area contributed by atoms with Crippen molar-refractivity contribution in [3.8, 4) is 5.69 Å². The predicted molar refractivity (Wildman–Crippen MR) is 144 cm³/mol. The number of halogens is 1. The summed E-state index contributed by atoms with van der Waals surface area (Å²) in [5.41, 5.74) is 2.82. The molecule has 4 rings (SSSR count). The molecule has 0 fully saturated rings. The molecule has 36 heavy (non-hydrogen) atoms. The summed E-state index contributed by atoms with van der Waals surface area (Å²) < 4.78 is 1.72. The molecule has 184 valence electrons. The molecule has 4 aromatic rings. The van der Waals surface area contributed by atoms with Crippen LogP contribution in [0.25, 0.3) is 5.69 Å². The number of hydrogen-bond donors (Lipinski definition) is 1. The molecule has 0 aliphatic heterocycles. The van der Waals surface area contributed by atoms with E-state index in [1.165, 1.54) is 4.90 Å². The van der Waals surface area contributed by atoms with Gasteiger partial charge in [0.1, 0.15) is 12.4 Å². The molecule has 0 bridgehead atoms. The van der Waals surface area contributed by atoms with E-state index in [1.54, 1.807) is 28.9 Å². The number of hydrogen-bond acceptors (Lipinski definition) is 3. The minimum absolute atomic E-state index is 0.134. The minimum atomic E-state index is -0.321. The molecule has 3 aromatic carbocycles. The van der Waals surface area contributed by atoms with Crippen molar-refractivity contribution < 1.29 is 9.59 Å². The van der Waals surface area contributed by atoms with Crippen molar-refractivity contribution >= 4 is 29.2 Å². The molecule has 0 aliphatic carbocycles. The maximum atomic E-state index is 13.4. The molecular weight excluding hydrogens is 472 g/mol. The van der Waals surface area contributed by atoms with Gasteiger partial charge < -0.3 is 10.2 Å². The van der Waals surface area contributed by atoms with Crippen molar-refractivity contribution in [1.29, 1.82) is 0 Å². The van der Waals surface area contributed by atoms with E-state index in [2.05, 4.69) is 26.1 Å². The highest BCUT2D eigenvalue weighted by Crippen LogP contribution is 2.26. The second kappa shape index (κ2) is 10.8. The molecule has 0 aliphatic rings. The first-order valence-electron chi connectivity index (χ1n) is 11.8. The van der Waals surface area contributed by atoms with Gasteiger partial charge >= 0.3 is 0 Å². The zero-order valence-electron chi connectivity index (χ0n) is 20.6. The highest BCUT2D eigenvalue weighted by molar-refractivity contribution is 6.31. The van der Waals surface area contributed by atoms with Crippen LogP contribution in [0.5, 0.6) is 0 Å². The Balaban J connectivity index is 1.61. The Morgan fingerprint density at radius 2 is 1.58 bits per heavy atom. The van der Waals surface area contributed by atoms with Crippen LogP contribution >= 0.6 is 11.6 Å². The van der Waals surface area contributed by atoms with Gasteiger partial charge in [-0.15, -0.1) is 0 Å². The van der Waals surface area contributed by atoms with E-state index >= 15 is 0 Å². The third-order valence-corrected chi connectivity index (χ3v) is 5.89. The molecule has 0 saturated carbocycles. The zero-order chi connectivity index (χ0) is 25.7. The number of carbonyl (C=O) groups excluding carboxylic acids is 2. The van der Waals surface area contributed by atoms with Crippen LogP contribution in [0.4, 0.5) is 5.82 Å². The first-order chi connectivity index (χ1) is 17.2. The van der Waals surface area contributed by atoms with E-state index in [1.807, 2.05) is 66.7 Å². The van der Waals surface area contributed by atoms with Gasteiger partial charge in [-0.3, -0.25) is 9.59 Å². The van der Waals surface area contributed by atoms with Crippen LogP contribution in [0.2, 0.25) is 5.02 Å². The molecule has 0 radical (unpaired) electrons. The van der Waals surface area contributed by atoms with Gasteiger partial charge in [0.25, 0.3) is 5.91 Å². The summed E-state index contributed by atoms with van der Waals surface area (Å²) in [6, 6.07) is 27.8. The number of anilines is 1. The summed E-state index contributed by atoms with van der Waals surface area (Å²) in [6.45, 7) is 6.36. The van der Waals surface area contributed by atoms with Crippen LogP contribution in [0.3, 0.4) is 0 Å². The monoisotopic (exact) mass is 500 g/mol. The number of amides is 2. The fourth-order valence-electron chi connectivity index (χ4n) is 3.77. The number of rotatable bonds is 7. The first kappa shape index (κ1) is 25.2. The molecule has 6 nitrogen and oxygen atoms in total. The number of nitrogens with one attached hydrogen (secondary N) is 1. The maximum Gasteiger partial charge on any atom is 0.254 e. The Labute approximate surface area is 216 Å². The lowest BCUT2D eigenvalue weighted by Gasteiger charge is -2.23. The fourth-order valence-corrected chi connectivity index (χ4v) is 3.96. The molecule has 0 saturated heterocycles. The maximum absolute atomic E-state index is 13.4. The van der Waals surface area contributed by atoms with Gasteiger partial charge in [-0.25, -0.2) is 4.68 Å². The summed E-state index contributed by atoms with van der Waals surface area (Å²) in [7, 11) is 0. The lowest BCUT2D eigenvalue weighted by atomic mass is 9.92. The Morgan fingerprint density at radius 1 is 0.917 bits per heavy atom. The van der Waals surface area contributed by atoms with E-state index in [0.29, 0.717) is 16.4 Å². The van der Waals surface area contributed by atoms with Crippen LogP contribution in [-0.4, -0.2) is 33.0 Å². The number of aromatic nitrogens is 2. The molecule has 1 N–H and O–H groups in total. The largest absolute Gasteiger partial charge is 0.325 e. The van der Waals surface area contributed by atoms with Crippen molar-refractivity contribution in [3.05, 3.63) is 113 Å². The molecule has 0 unspecified atom stereocenters. The lowest BCUT2D eigenvalue weighted by molar-refractivity contribution is -0.117. The molecule has 1 heterocycles. The quantitative estimate of drug-likeness (QED) is 0.333. The SMILES string of the molecule is CC(C)(C)c1cc(NC(=O)CN(Cc2ccccc2)C(=O)c2cccc(Cl)c2)n(-c2ccccc2)n1. The number of para-hydroxylation sites is 1. The Bertz CT molecular complexity index is 1340. The topological polar surface area (TPSA) is 67.2 Å². The molecule has 0 spiro atoms. The van der Waals surface area contributed by atoms with Crippen LogP contribution < -0.4 is 5.32 Å². The Kier molecular flexibility index (Phi) is 7.55. The molecule has 2 amide bonds. The van der Waals surface area contributed by atoms with Crippen molar-refractivity contribution in [2.45, 2.75) is 32.7 Å². The van der Waals surface area contributed by atoms with E-state index in [0.717, 1.165) is 16.9 Å². The van der Waals surface area contributed by atoms with E-state index < -0.39 is 0 Å². The van der Waals surface area contributed by atoms with Crippen LogP contribution in [-0.2, 0) is 16.8 Å². The second-order valence-electron chi connectivity index (χ2n) is 9.62. The smallest absolute Gasteiger partial charge is 0.254 e. The highest BCUT2D eigenvalue weighted by Gasteiger charge is 2.24. The summed E-state index contributed by atoms with van der Waals surface area (Å²) in [4.78, 5) is 28.2. The van der Waals surface area contributed by atoms with Crippen molar-refractivity contribution in [2.75, 3.05) is 11.9 Å².